The monoisotopic (exact) mass is 1080 g/mol. The third kappa shape index (κ3) is 34.4. The molecule has 12 N–H and O–H groups in total. The fraction of sp³-hybridized carbons (Fsp3) is 1.00. The van der Waals surface area contributed by atoms with Gasteiger partial charge < -0.3 is 73.6 Å². The Morgan fingerprint density at radius 3 is 0.382 bits per heavy atom. The topological polar surface area (TPSA) is 177 Å². The SMILES string of the molecule is CN1CCN2CCN(CCNCCNCCNCCNCCNCCNCCN3CCN(CCN(C)CCN4CCN(CCNCCNCCNCCNCCNCCNCCN5CCN(CC1)CC5)CC4)CC3)CC2. The number of nitrogens with zero attached hydrogens (tertiary/aromatic N) is 10. The van der Waals surface area contributed by atoms with Crippen LogP contribution in [0.4, 0.5) is 0 Å². The van der Waals surface area contributed by atoms with E-state index in [4.69, 9.17) is 0 Å². The van der Waals surface area contributed by atoms with Crippen LogP contribution in [0.5, 0.6) is 0 Å². The van der Waals surface area contributed by atoms with Gasteiger partial charge in [0.05, 0.1) is 0 Å². The molecule has 11 rings (SSSR count). The first kappa shape index (κ1) is 65.9. The zero-order chi connectivity index (χ0) is 53.0. The van der Waals surface area contributed by atoms with E-state index < -0.39 is 0 Å². The largest absolute Gasteiger partial charge is 0.314 e. The smallest absolute Gasteiger partial charge is 0.0110 e. The van der Waals surface area contributed by atoms with Gasteiger partial charge in [-0.15, -0.1) is 0 Å². The van der Waals surface area contributed by atoms with Gasteiger partial charge in [-0.3, -0.25) is 39.2 Å². The van der Waals surface area contributed by atoms with Gasteiger partial charge in [0.1, 0.15) is 0 Å². The minimum Gasteiger partial charge on any atom is -0.314 e. The van der Waals surface area contributed by atoms with Crippen LogP contribution < -0.4 is 63.8 Å². The van der Waals surface area contributed by atoms with E-state index in [1.807, 2.05) is 0 Å². The van der Waals surface area contributed by atoms with Crippen molar-refractivity contribution in [2.75, 3.05) is 354 Å². The molecule has 11 aliphatic heterocycles. The molecule has 0 saturated carbocycles. The van der Waals surface area contributed by atoms with Gasteiger partial charge in [0.25, 0.3) is 0 Å². The van der Waals surface area contributed by atoms with Crippen LogP contribution in [0.15, 0.2) is 0 Å². The Morgan fingerprint density at radius 1 is 0.132 bits per heavy atom. The maximum atomic E-state index is 3.65. The molecule has 448 valence electrons. The van der Waals surface area contributed by atoms with Crippen molar-refractivity contribution in [3.63, 3.8) is 0 Å². The van der Waals surface area contributed by atoms with E-state index in [-0.39, 0.29) is 0 Å². The van der Waals surface area contributed by atoms with Crippen molar-refractivity contribution < 1.29 is 0 Å². The summed E-state index contributed by atoms with van der Waals surface area (Å²) in [5, 5.41) is 43.2. The van der Waals surface area contributed by atoms with Crippen molar-refractivity contribution in [1.29, 1.82) is 0 Å². The van der Waals surface area contributed by atoms with Gasteiger partial charge in [-0.1, -0.05) is 0 Å². The molecule has 0 aromatic heterocycles. The minimum absolute atomic E-state index is 1.01. The van der Waals surface area contributed by atoms with Gasteiger partial charge in [0, 0.05) is 340 Å². The molecule has 0 radical (unpaired) electrons. The lowest BCUT2D eigenvalue weighted by Gasteiger charge is -2.36. The summed E-state index contributed by atoms with van der Waals surface area (Å²) in [6.07, 6.45) is 0. The molecule has 0 amide bonds. The van der Waals surface area contributed by atoms with Gasteiger partial charge in [0.15, 0.2) is 0 Å². The van der Waals surface area contributed by atoms with Crippen LogP contribution >= 0.6 is 0 Å². The number of rotatable bonds is 0. The van der Waals surface area contributed by atoms with Crippen molar-refractivity contribution in [3.8, 4) is 0 Å². The molecule has 11 saturated heterocycles. The summed E-state index contributed by atoms with van der Waals surface area (Å²) in [5.41, 5.74) is 0. The van der Waals surface area contributed by atoms with Crippen LogP contribution in [0, 0.1) is 0 Å². The second-order valence-electron chi connectivity index (χ2n) is 22.3. The molecule has 0 aromatic rings. The third-order valence-electron chi connectivity index (χ3n) is 16.3. The molecular weight excluding hydrogens is 957 g/mol. The second-order valence-corrected chi connectivity index (χ2v) is 22.3. The third-order valence-corrected chi connectivity index (χ3v) is 16.3. The molecule has 0 atom stereocenters. The molecule has 11 aliphatic rings. The first-order chi connectivity index (χ1) is 37.6. The standard InChI is InChI=1S/C54H122N22/c1-67-31-35-73-47-39-69(40-48-73)27-23-63-19-15-59-11-7-55-3-5-57-9-13-61-17-21-65-25-29-71-43-51-75(52-44-71)37-33-68(2)34-38-76-53-45-72(46-54-76)30-26-66-22-18-62-14-10-58-6-4-56-8-12-60-16-20-64-24-28-70-41-49-74(36-32-67)50-42-70/h55-66H,3-54H2,1-2H3. The molecule has 8 bridgehead atoms. The Balaban J connectivity index is 0.848. The van der Waals surface area contributed by atoms with Crippen LogP contribution in [0.1, 0.15) is 0 Å². The molecule has 0 spiro atoms. The fourth-order valence-corrected chi connectivity index (χ4v) is 10.6. The van der Waals surface area contributed by atoms with Crippen molar-refractivity contribution >= 4 is 0 Å². The van der Waals surface area contributed by atoms with Crippen molar-refractivity contribution in [3.05, 3.63) is 0 Å². The zero-order valence-electron chi connectivity index (χ0n) is 49.2. The molecule has 76 heavy (non-hydrogen) atoms. The van der Waals surface area contributed by atoms with Crippen LogP contribution in [-0.4, -0.2) is 403 Å². The van der Waals surface area contributed by atoms with E-state index in [1.54, 1.807) is 0 Å². The van der Waals surface area contributed by atoms with Crippen molar-refractivity contribution in [2.24, 2.45) is 0 Å². The van der Waals surface area contributed by atoms with E-state index in [2.05, 4.69) is 127 Å². The summed E-state index contributed by atoms with van der Waals surface area (Å²) in [6.45, 7) is 57.9. The van der Waals surface area contributed by atoms with Gasteiger partial charge in [0.2, 0.25) is 0 Å². The first-order valence-corrected chi connectivity index (χ1v) is 31.2. The highest BCUT2D eigenvalue weighted by Crippen LogP contribution is 2.05. The van der Waals surface area contributed by atoms with Crippen LogP contribution in [0.2, 0.25) is 0 Å². The van der Waals surface area contributed by atoms with Gasteiger partial charge >= 0.3 is 0 Å². The average Bonchev–Trinajstić information content (AvgIpc) is 3.45. The summed E-state index contributed by atoms with van der Waals surface area (Å²) >= 11 is 0. The summed E-state index contributed by atoms with van der Waals surface area (Å²) in [4.78, 5) is 26.3. The fourth-order valence-electron chi connectivity index (χ4n) is 10.6. The summed E-state index contributed by atoms with van der Waals surface area (Å²) < 4.78 is 0. The maximum Gasteiger partial charge on any atom is 0.0110 e. The first-order valence-electron chi connectivity index (χ1n) is 31.2. The molecule has 0 aliphatic carbocycles. The number of nitrogens with one attached hydrogen (secondary N) is 12. The quantitative estimate of drug-likeness (QED) is 0.110. The van der Waals surface area contributed by atoms with Crippen LogP contribution in [0.25, 0.3) is 0 Å². The summed E-state index contributed by atoms with van der Waals surface area (Å²) in [5.74, 6) is 0. The van der Waals surface area contributed by atoms with E-state index in [1.165, 1.54) is 157 Å². The Hall–Kier alpha value is -0.880. The van der Waals surface area contributed by atoms with Crippen molar-refractivity contribution in [1.82, 2.24) is 113 Å². The lowest BCUT2D eigenvalue weighted by atomic mass is 10.3. The van der Waals surface area contributed by atoms with Crippen LogP contribution in [0.3, 0.4) is 0 Å². The second kappa shape index (κ2) is 45.7. The average molecular weight is 1080 g/mol. The summed E-state index contributed by atoms with van der Waals surface area (Å²) in [7, 11) is 4.63. The Bertz CT molecular complexity index is 1080. The van der Waals surface area contributed by atoms with E-state index in [0.717, 1.165) is 183 Å². The predicted molar refractivity (Wildman–Crippen MR) is 321 cm³/mol. The molecular formula is C54H122N22. The number of piperazine rings is 4. The van der Waals surface area contributed by atoms with E-state index in [0.29, 0.717) is 0 Å². The summed E-state index contributed by atoms with van der Waals surface area (Å²) in [6, 6.07) is 0. The highest BCUT2D eigenvalue weighted by molar-refractivity contribution is 4.78. The molecule has 0 aromatic carbocycles. The molecule has 22 heteroatoms. The Labute approximate surface area is 465 Å². The predicted octanol–water partition coefficient (Wildman–Crippen LogP) is -6.59. The molecule has 11 fully saturated rings. The molecule has 0 unspecified atom stereocenters. The Morgan fingerprint density at radius 2 is 0.237 bits per heavy atom. The minimum atomic E-state index is 1.01. The van der Waals surface area contributed by atoms with E-state index in [9.17, 15) is 0 Å². The lowest BCUT2D eigenvalue weighted by molar-refractivity contribution is 0.109. The Kier molecular flexibility index (Phi) is 39.6. The van der Waals surface area contributed by atoms with E-state index >= 15 is 0 Å². The highest BCUT2D eigenvalue weighted by Gasteiger charge is 2.21. The normalized spacial score (nSPS) is 33.1. The molecule has 11 heterocycles. The van der Waals surface area contributed by atoms with Crippen molar-refractivity contribution in [2.45, 2.75) is 0 Å². The van der Waals surface area contributed by atoms with Crippen LogP contribution in [-0.2, 0) is 0 Å². The molecule has 22 nitrogen and oxygen atoms in total. The lowest BCUT2D eigenvalue weighted by Crippen LogP contribution is -2.51. The van der Waals surface area contributed by atoms with Gasteiger partial charge in [-0.05, 0) is 14.1 Å². The number of hydrogen-bond acceptors (Lipinski definition) is 22. The zero-order valence-corrected chi connectivity index (χ0v) is 49.2. The maximum absolute atomic E-state index is 3.65. The number of likely N-dealkylation sites (N-methyl/N-ethyl adjacent to an activating group) is 2. The number of hydrogen-bond donors (Lipinski definition) is 12. The van der Waals surface area contributed by atoms with Gasteiger partial charge in [-0.25, -0.2) is 0 Å². The highest BCUT2D eigenvalue weighted by atomic mass is 15.3. The van der Waals surface area contributed by atoms with Gasteiger partial charge in [-0.2, -0.15) is 0 Å².